The molecule has 1 aliphatic heterocycles. The van der Waals surface area contributed by atoms with Crippen molar-refractivity contribution in [2.45, 2.75) is 39.7 Å². The van der Waals surface area contributed by atoms with E-state index in [1.165, 1.54) is 0 Å². The molecule has 6 nitrogen and oxygen atoms in total. The predicted octanol–water partition coefficient (Wildman–Crippen LogP) is 2.47. The minimum absolute atomic E-state index is 0.0285. The van der Waals surface area contributed by atoms with E-state index in [9.17, 15) is 14.4 Å². The van der Waals surface area contributed by atoms with Crippen LogP contribution in [0, 0.1) is 11.8 Å². The topological polar surface area (TPSA) is 78.5 Å². The van der Waals surface area contributed by atoms with Gasteiger partial charge in [-0.2, -0.15) is 0 Å². The zero-order valence-electron chi connectivity index (χ0n) is 16.1. The maximum absolute atomic E-state index is 12.8. The van der Waals surface area contributed by atoms with E-state index in [0.717, 1.165) is 0 Å². The number of amides is 3. The van der Waals surface area contributed by atoms with E-state index in [2.05, 4.69) is 10.6 Å². The number of likely N-dealkylation sites (tertiary alicyclic amines) is 1. The summed E-state index contributed by atoms with van der Waals surface area (Å²) in [7, 11) is 0. The van der Waals surface area contributed by atoms with Crippen LogP contribution in [-0.2, 0) is 9.59 Å². The SMILES string of the molecule is CC(=O)N1CCC(C(NC(=O)c2ccccc2Cl)C(=O)NCC(C)C)CC1. The van der Waals surface area contributed by atoms with Crippen LogP contribution in [0.15, 0.2) is 24.3 Å². The zero-order chi connectivity index (χ0) is 20.0. The van der Waals surface area contributed by atoms with Gasteiger partial charge in [0.15, 0.2) is 0 Å². The molecule has 0 bridgehead atoms. The highest BCUT2D eigenvalue weighted by molar-refractivity contribution is 6.33. The molecule has 1 aromatic carbocycles. The Balaban J connectivity index is 2.12. The lowest BCUT2D eigenvalue weighted by Crippen LogP contribution is -2.54. The predicted molar refractivity (Wildman–Crippen MR) is 106 cm³/mol. The second kappa shape index (κ2) is 9.74. The summed E-state index contributed by atoms with van der Waals surface area (Å²) in [4.78, 5) is 38.8. The summed E-state index contributed by atoms with van der Waals surface area (Å²) in [6, 6.07) is 6.12. The van der Waals surface area contributed by atoms with Gasteiger partial charge in [0.25, 0.3) is 5.91 Å². The highest BCUT2D eigenvalue weighted by Gasteiger charge is 2.33. The molecule has 0 radical (unpaired) electrons. The second-order valence-electron chi connectivity index (χ2n) is 7.41. The van der Waals surface area contributed by atoms with Crippen LogP contribution < -0.4 is 10.6 Å². The highest BCUT2D eigenvalue weighted by Crippen LogP contribution is 2.22. The van der Waals surface area contributed by atoms with Gasteiger partial charge in [0.2, 0.25) is 11.8 Å². The standard InChI is InChI=1S/C20H28ClN3O3/c1-13(2)12-22-20(27)18(15-8-10-24(11-9-15)14(3)25)23-19(26)16-6-4-5-7-17(16)21/h4-7,13,15,18H,8-12H2,1-3H3,(H,22,27)(H,23,26). The number of rotatable bonds is 6. The lowest BCUT2D eigenvalue weighted by molar-refractivity contribution is -0.130. The van der Waals surface area contributed by atoms with Crippen LogP contribution in [-0.4, -0.2) is 48.3 Å². The van der Waals surface area contributed by atoms with Crippen LogP contribution in [0.4, 0.5) is 0 Å². The number of carbonyl (C=O) groups is 3. The molecule has 0 aromatic heterocycles. The number of hydrogen-bond donors (Lipinski definition) is 2. The normalized spacial score (nSPS) is 16.1. The van der Waals surface area contributed by atoms with Crippen molar-refractivity contribution in [2.75, 3.05) is 19.6 Å². The van der Waals surface area contributed by atoms with E-state index < -0.39 is 6.04 Å². The molecule has 1 saturated heterocycles. The van der Waals surface area contributed by atoms with Crippen molar-refractivity contribution in [3.8, 4) is 0 Å². The van der Waals surface area contributed by atoms with Crippen molar-refractivity contribution < 1.29 is 14.4 Å². The number of nitrogens with one attached hydrogen (secondary N) is 2. The van der Waals surface area contributed by atoms with Crippen molar-refractivity contribution in [2.24, 2.45) is 11.8 Å². The molecule has 7 heteroatoms. The molecule has 0 saturated carbocycles. The largest absolute Gasteiger partial charge is 0.354 e. The van der Waals surface area contributed by atoms with Gasteiger partial charge in [-0.3, -0.25) is 14.4 Å². The van der Waals surface area contributed by atoms with Crippen molar-refractivity contribution in [1.82, 2.24) is 15.5 Å². The Morgan fingerprint density at radius 1 is 1.19 bits per heavy atom. The fraction of sp³-hybridized carbons (Fsp3) is 0.550. The van der Waals surface area contributed by atoms with Gasteiger partial charge in [-0.05, 0) is 36.8 Å². The van der Waals surface area contributed by atoms with Crippen LogP contribution >= 0.6 is 11.6 Å². The van der Waals surface area contributed by atoms with E-state index in [4.69, 9.17) is 11.6 Å². The van der Waals surface area contributed by atoms with E-state index in [1.54, 1.807) is 36.1 Å². The fourth-order valence-electron chi connectivity index (χ4n) is 3.22. The minimum atomic E-state index is -0.651. The van der Waals surface area contributed by atoms with Crippen molar-refractivity contribution in [3.05, 3.63) is 34.9 Å². The molecule has 27 heavy (non-hydrogen) atoms. The molecule has 1 heterocycles. The number of piperidine rings is 1. The Morgan fingerprint density at radius 2 is 1.81 bits per heavy atom. The number of carbonyl (C=O) groups excluding carboxylic acids is 3. The monoisotopic (exact) mass is 393 g/mol. The summed E-state index contributed by atoms with van der Waals surface area (Å²) in [5, 5.41) is 6.14. The Hall–Kier alpha value is -2.08. The fourth-order valence-corrected chi connectivity index (χ4v) is 3.45. The molecule has 0 aliphatic carbocycles. The molecular formula is C20H28ClN3O3. The van der Waals surface area contributed by atoms with Gasteiger partial charge in [-0.15, -0.1) is 0 Å². The smallest absolute Gasteiger partial charge is 0.253 e. The van der Waals surface area contributed by atoms with Crippen LogP contribution in [0.5, 0.6) is 0 Å². The lowest BCUT2D eigenvalue weighted by atomic mass is 9.88. The Morgan fingerprint density at radius 3 is 2.37 bits per heavy atom. The third kappa shape index (κ3) is 5.96. The summed E-state index contributed by atoms with van der Waals surface area (Å²) in [5.41, 5.74) is 0.349. The Kier molecular flexibility index (Phi) is 7.66. The van der Waals surface area contributed by atoms with Crippen molar-refractivity contribution in [1.29, 1.82) is 0 Å². The quantitative estimate of drug-likeness (QED) is 0.779. The van der Waals surface area contributed by atoms with E-state index in [-0.39, 0.29) is 23.6 Å². The first-order chi connectivity index (χ1) is 12.8. The summed E-state index contributed by atoms with van der Waals surface area (Å²) in [5.74, 6) is -0.230. The van der Waals surface area contributed by atoms with Gasteiger partial charge in [0, 0.05) is 26.6 Å². The molecule has 1 aromatic rings. The zero-order valence-corrected chi connectivity index (χ0v) is 16.9. The van der Waals surface area contributed by atoms with Gasteiger partial charge in [0.05, 0.1) is 10.6 Å². The van der Waals surface area contributed by atoms with Gasteiger partial charge in [0.1, 0.15) is 6.04 Å². The van der Waals surface area contributed by atoms with Crippen molar-refractivity contribution >= 4 is 29.3 Å². The third-order valence-corrected chi connectivity index (χ3v) is 5.16. The van der Waals surface area contributed by atoms with Crippen LogP contribution in [0.1, 0.15) is 44.0 Å². The van der Waals surface area contributed by atoms with Crippen LogP contribution in [0.25, 0.3) is 0 Å². The van der Waals surface area contributed by atoms with Gasteiger partial charge >= 0.3 is 0 Å². The Bertz CT molecular complexity index is 685. The number of hydrogen-bond acceptors (Lipinski definition) is 3. The van der Waals surface area contributed by atoms with E-state index in [1.807, 2.05) is 13.8 Å². The number of nitrogens with zero attached hydrogens (tertiary/aromatic N) is 1. The van der Waals surface area contributed by atoms with E-state index >= 15 is 0 Å². The first kappa shape index (κ1) is 21.2. The second-order valence-corrected chi connectivity index (χ2v) is 7.82. The van der Waals surface area contributed by atoms with Crippen LogP contribution in [0.2, 0.25) is 5.02 Å². The highest BCUT2D eigenvalue weighted by atomic mass is 35.5. The summed E-state index contributed by atoms with van der Waals surface area (Å²) < 4.78 is 0. The van der Waals surface area contributed by atoms with Crippen LogP contribution in [0.3, 0.4) is 0 Å². The molecule has 148 valence electrons. The summed E-state index contributed by atoms with van der Waals surface area (Å²) in [6.07, 6.45) is 1.34. The molecule has 3 amide bonds. The molecule has 2 rings (SSSR count). The molecule has 1 fully saturated rings. The molecule has 1 unspecified atom stereocenters. The lowest BCUT2D eigenvalue weighted by Gasteiger charge is -2.35. The van der Waals surface area contributed by atoms with E-state index in [0.29, 0.717) is 49.0 Å². The van der Waals surface area contributed by atoms with Gasteiger partial charge < -0.3 is 15.5 Å². The third-order valence-electron chi connectivity index (χ3n) is 4.83. The molecule has 2 N–H and O–H groups in total. The molecular weight excluding hydrogens is 366 g/mol. The maximum Gasteiger partial charge on any atom is 0.253 e. The maximum atomic E-state index is 12.8. The number of benzene rings is 1. The van der Waals surface area contributed by atoms with Gasteiger partial charge in [-0.1, -0.05) is 37.6 Å². The minimum Gasteiger partial charge on any atom is -0.354 e. The molecule has 0 spiro atoms. The number of halogens is 1. The van der Waals surface area contributed by atoms with Crippen molar-refractivity contribution in [3.63, 3.8) is 0 Å². The Labute approximate surface area is 165 Å². The average molecular weight is 394 g/mol. The first-order valence-corrected chi connectivity index (χ1v) is 9.76. The first-order valence-electron chi connectivity index (χ1n) is 9.38. The summed E-state index contributed by atoms with van der Waals surface area (Å²) in [6.45, 7) is 7.31. The average Bonchev–Trinajstić information content (AvgIpc) is 2.64. The summed E-state index contributed by atoms with van der Waals surface area (Å²) >= 11 is 6.12. The molecule has 1 aliphatic rings. The molecule has 1 atom stereocenters. The van der Waals surface area contributed by atoms with Gasteiger partial charge in [-0.25, -0.2) is 0 Å².